The van der Waals surface area contributed by atoms with Gasteiger partial charge in [-0.15, -0.1) is 0 Å². The Balaban J connectivity index is 0.000000604. The largest absolute Gasteiger partial charge is 0.490 e. The number of sulfonamides is 1. The van der Waals surface area contributed by atoms with Gasteiger partial charge >= 0.3 is 12.1 Å². The molecule has 0 radical (unpaired) electrons. The Morgan fingerprint density at radius 1 is 1.05 bits per heavy atom. The molecule has 13 heteroatoms. The van der Waals surface area contributed by atoms with E-state index in [9.17, 15) is 26.0 Å². The number of nitrogens with zero attached hydrogens (tertiary/aromatic N) is 2. The normalized spacial score (nSPS) is 11.7. The van der Waals surface area contributed by atoms with Gasteiger partial charge in [0.2, 0.25) is 10.0 Å². The number of pyridine rings is 1. The highest BCUT2D eigenvalue weighted by Crippen LogP contribution is 2.32. The first-order valence-corrected chi connectivity index (χ1v) is 11.8. The van der Waals surface area contributed by atoms with E-state index in [1.54, 1.807) is 45.0 Å². The number of nitrogen functional groups attached to an aromatic ring is 1. The lowest BCUT2D eigenvalue weighted by Crippen LogP contribution is -2.40. The number of aromatic nitrogens is 1. The van der Waals surface area contributed by atoms with Crippen molar-refractivity contribution in [3.63, 3.8) is 0 Å². The third kappa shape index (κ3) is 7.73. The lowest BCUT2D eigenvalue weighted by molar-refractivity contribution is -0.192. The van der Waals surface area contributed by atoms with Crippen LogP contribution in [0.25, 0.3) is 22.3 Å². The molecule has 0 atom stereocenters. The first-order chi connectivity index (χ1) is 17.0. The fourth-order valence-corrected chi connectivity index (χ4v) is 4.68. The summed E-state index contributed by atoms with van der Waals surface area (Å²) in [6.45, 7) is 5.24. The monoisotopic (exact) mass is 538 g/mol. The van der Waals surface area contributed by atoms with E-state index in [1.165, 1.54) is 30.5 Å². The number of rotatable bonds is 4. The van der Waals surface area contributed by atoms with Crippen LogP contribution in [0.3, 0.4) is 0 Å². The molecule has 0 unspecified atom stereocenters. The molecule has 3 rings (SSSR count). The molecule has 0 aliphatic heterocycles. The van der Waals surface area contributed by atoms with Crippen molar-refractivity contribution in [3.8, 4) is 28.3 Å². The van der Waals surface area contributed by atoms with Crippen LogP contribution in [0.15, 0.2) is 59.6 Å². The van der Waals surface area contributed by atoms with E-state index in [0.29, 0.717) is 16.7 Å². The van der Waals surface area contributed by atoms with Crippen LogP contribution in [-0.2, 0) is 14.8 Å². The number of carboxylic acid groups (broad SMARTS) is 1. The molecule has 0 saturated heterocycles. The lowest BCUT2D eigenvalue weighted by atomic mass is 9.99. The molecule has 4 N–H and O–H groups in total. The second kappa shape index (κ2) is 10.9. The van der Waals surface area contributed by atoms with Gasteiger partial charge in [-0.3, -0.25) is 0 Å². The molecule has 0 fully saturated rings. The smallest absolute Gasteiger partial charge is 0.475 e. The first-order valence-electron chi connectivity index (χ1n) is 10.4. The van der Waals surface area contributed by atoms with Crippen LogP contribution in [0.4, 0.5) is 23.4 Å². The Morgan fingerprint density at radius 2 is 1.65 bits per heavy atom. The number of alkyl halides is 3. The summed E-state index contributed by atoms with van der Waals surface area (Å²) in [6.07, 6.45) is -3.69. The van der Waals surface area contributed by atoms with Crippen molar-refractivity contribution in [1.29, 1.82) is 5.26 Å². The van der Waals surface area contributed by atoms with E-state index in [2.05, 4.69) is 9.71 Å². The van der Waals surface area contributed by atoms with E-state index < -0.39 is 33.5 Å². The fourth-order valence-electron chi connectivity index (χ4n) is 3.03. The van der Waals surface area contributed by atoms with Gasteiger partial charge in [0.25, 0.3) is 0 Å². The summed E-state index contributed by atoms with van der Waals surface area (Å²) in [5.74, 6) is -3.25. The average Bonchev–Trinajstić information content (AvgIpc) is 2.78. The number of nitrogens with one attached hydrogen (secondary N) is 1. The summed E-state index contributed by atoms with van der Waals surface area (Å²) in [6, 6.07) is 14.2. The molecule has 0 spiro atoms. The number of nitrogens with two attached hydrogens (primary N) is 1. The summed E-state index contributed by atoms with van der Waals surface area (Å²) in [5.41, 5.74) is 6.54. The minimum absolute atomic E-state index is 0.0630. The van der Waals surface area contributed by atoms with Gasteiger partial charge in [-0.25, -0.2) is 27.3 Å². The van der Waals surface area contributed by atoms with Crippen LogP contribution >= 0.6 is 0 Å². The van der Waals surface area contributed by atoms with Gasteiger partial charge in [0.05, 0.1) is 10.5 Å². The summed E-state index contributed by atoms with van der Waals surface area (Å²) in [7, 11) is -3.82. The molecule has 0 aliphatic carbocycles. The zero-order valence-electron chi connectivity index (χ0n) is 19.8. The van der Waals surface area contributed by atoms with Crippen molar-refractivity contribution in [1.82, 2.24) is 9.71 Å². The molecular formula is C24H22F4N4O4S. The van der Waals surface area contributed by atoms with Crippen LogP contribution < -0.4 is 10.5 Å². The molecule has 37 heavy (non-hydrogen) atoms. The van der Waals surface area contributed by atoms with Crippen molar-refractivity contribution in [2.45, 2.75) is 37.4 Å². The molecular weight excluding hydrogens is 516 g/mol. The van der Waals surface area contributed by atoms with E-state index in [0.717, 1.165) is 0 Å². The molecule has 1 aromatic heterocycles. The zero-order valence-corrected chi connectivity index (χ0v) is 20.6. The highest BCUT2D eigenvalue weighted by atomic mass is 32.2. The number of aliphatic carboxylic acids is 1. The minimum Gasteiger partial charge on any atom is -0.475 e. The average molecular weight is 539 g/mol. The third-order valence-corrected chi connectivity index (χ3v) is 6.31. The Kier molecular flexibility index (Phi) is 8.63. The van der Waals surface area contributed by atoms with Gasteiger partial charge < -0.3 is 10.8 Å². The van der Waals surface area contributed by atoms with Gasteiger partial charge in [0, 0.05) is 28.4 Å². The maximum Gasteiger partial charge on any atom is 0.490 e. The van der Waals surface area contributed by atoms with Gasteiger partial charge in [0.15, 0.2) is 0 Å². The number of hydrogen-bond acceptors (Lipinski definition) is 6. The third-order valence-electron chi connectivity index (χ3n) is 4.49. The molecule has 3 aromatic rings. The van der Waals surface area contributed by atoms with Crippen LogP contribution in [0.2, 0.25) is 0 Å². The molecule has 8 nitrogen and oxygen atoms in total. The van der Waals surface area contributed by atoms with Crippen LogP contribution in [0.1, 0.15) is 26.3 Å². The second-order valence-corrected chi connectivity index (χ2v) is 10.3. The fraction of sp³-hybridized carbons (Fsp3) is 0.208. The van der Waals surface area contributed by atoms with Crippen LogP contribution in [-0.4, -0.2) is 36.2 Å². The number of benzene rings is 2. The second-order valence-electron chi connectivity index (χ2n) is 8.62. The van der Waals surface area contributed by atoms with E-state index in [-0.39, 0.29) is 21.8 Å². The highest BCUT2D eigenvalue weighted by molar-refractivity contribution is 7.89. The van der Waals surface area contributed by atoms with Crippen molar-refractivity contribution < 1.29 is 35.9 Å². The predicted octanol–water partition coefficient (Wildman–Crippen LogP) is 4.72. The van der Waals surface area contributed by atoms with Crippen LogP contribution in [0, 0.1) is 17.1 Å². The number of halogens is 4. The molecule has 0 aliphatic rings. The molecule has 0 bridgehead atoms. The minimum atomic E-state index is -5.08. The van der Waals surface area contributed by atoms with Crippen molar-refractivity contribution in [2.24, 2.45) is 0 Å². The van der Waals surface area contributed by atoms with E-state index in [1.807, 2.05) is 6.07 Å². The van der Waals surface area contributed by atoms with E-state index in [4.69, 9.17) is 20.9 Å². The number of nitriles is 1. The topological polar surface area (TPSA) is 146 Å². The van der Waals surface area contributed by atoms with Crippen LogP contribution in [0.5, 0.6) is 0 Å². The van der Waals surface area contributed by atoms with Crippen molar-refractivity contribution in [2.75, 3.05) is 5.73 Å². The van der Waals surface area contributed by atoms with Crippen molar-refractivity contribution >= 4 is 21.8 Å². The summed E-state index contributed by atoms with van der Waals surface area (Å²) in [5, 5.41) is 16.2. The Labute approximate surface area is 210 Å². The van der Waals surface area contributed by atoms with Gasteiger partial charge in [0.1, 0.15) is 17.7 Å². The number of carboxylic acids is 1. The Hall–Kier alpha value is -4.02. The molecule has 1 heterocycles. The summed E-state index contributed by atoms with van der Waals surface area (Å²) < 4.78 is 75.0. The lowest BCUT2D eigenvalue weighted by Gasteiger charge is -2.21. The standard InChI is InChI=1S/C22H21FN4O2S.C2HF3O2/c1-22(2,3)27-30(28,29)20-7-5-4-6-18(20)14-8-9-17(19(23)11-14)16-10-15(12-24)21(25)26-13-16;3-2(4,5)1(6)7/h4-11,13,27H,1-3H3,(H2,25,26);(H,6,7). The zero-order chi connectivity index (χ0) is 28.2. The molecule has 196 valence electrons. The van der Waals surface area contributed by atoms with E-state index >= 15 is 0 Å². The molecule has 2 aromatic carbocycles. The highest BCUT2D eigenvalue weighted by Gasteiger charge is 2.38. The predicted molar refractivity (Wildman–Crippen MR) is 128 cm³/mol. The molecule has 0 saturated carbocycles. The first kappa shape index (κ1) is 29.2. The number of anilines is 1. The summed E-state index contributed by atoms with van der Waals surface area (Å²) >= 11 is 0. The Morgan fingerprint density at radius 3 is 2.16 bits per heavy atom. The van der Waals surface area contributed by atoms with Gasteiger partial charge in [-0.2, -0.15) is 18.4 Å². The Bertz CT molecular complexity index is 1460. The van der Waals surface area contributed by atoms with Crippen molar-refractivity contribution in [3.05, 3.63) is 66.1 Å². The maximum atomic E-state index is 15.0. The number of hydrogen-bond donors (Lipinski definition) is 3. The summed E-state index contributed by atoms with van der Waals surface area (Å²) in [4.78, 5) is 12.9. The van der Waals surface area contributed by atoms with Gasteiger partial charge in [-0.05, 0) is 44.5 Å². The number of carbonyl (C=O) groups is 1. The SMILES string of the molecule is CC(C)(C)NS(=O)(=O)c1ccccc1-c1ccc(-c2cnc(N)c(C#N)c2)c(F)c1.O=C(O)C(F)(F)F. The maximum absolute atomic E-state index is 15.0. The molecule has 0 amide bonds. The van der Waals surface area contributed by atoms with Gasteiger partial charge in [-0.1, -0.05) is 30.3 Å². The quantitative estimate of drug-likeness (QED) is 0.408.